The van der Waals surface area contributed by atoms with Crippen LogP contribution in [0.5, 0.6) is 11.8 Å². The minimum absolute atomic E-state index is 0.0198. The number of benzene rings is 1. The number of carbonyl (C=O) groups excluding carboxylic acids is 2. The van der Waals surface area contributed by atoms with Crippen molar-refractivity contribution in [2.24, 2.45) is 7.05 Å². The van der Waals surface area contributed by atoms with Crippen LogP contribution in [0.25, 0.3) is 33.5 Å². The quantitative estimate of drug-likeness (QED) is 0.110. The Hall–Kier alpha value is -5.25. The molecule has 2 aliphatic heterocycles. The summed E-state index contributed by atoms with van der Waals surface area (Å²) >= 11 is 7.13. The number of aryl methyl sites for hydroxylation is 1. The third kappa shape index (κ3) is 8.00. The molecule has 0 bridgehead atoms. The number of pyridine rings is 3. The lowest BCUT2D eigenvalue weighted by Crippen LogP contribution is -2.35. The predicted molar refractivity (Wildman–Crippen MR) is 208 cm³/mol. The van der Waals surface area contributed by atoms with Gasteiger partial charge < -0.3 is 35.3 Å². The Balaban J connectivity index is 1.02. The third-order valence-corrected chi connectivity index (χ3v) is 11.3. The van der Waals surface area contributed by atoms with Crippen molar-refractivity contribution in [1.82, 2.24) is 40.8 Å². The lowest BCUT2D eigenvalue weighted by Gasteiger charge is -2.21. The van der Waals surface area contributed by atoms with Crippen molar-refractivity contribution in [3.63, 3.8) is 0 Å². The SMILES string of the molecule is COc1nc(O[C@H]2CCc3c(-c4nccc(-c5ccc6c(CNC[C@H]7CCC(=O)N7)cn(C)c6n5)c4Cl)cccc32)c(C(F)(F)F)cc1CNC[C@@H]1CCC(=O)N1. The first kappa shape index (κ1) is 38.6. The average molecular weight is 803 g/mol. The molecule has 0 saturated carbocycles. The summed E-state index contributed by atoms with van der Waals surface area (Å²) in [6.07, 6.45) is 1.69. The number of ether oxygens (including phenoxy) is 2. The van der Waals surface area contributed by atoms with Gasteiger partial charge >= 0.3 is 6.18 Å². The number of carbonyl (C=O) groups is 2. The largest absolute Gasteiger partial charge is 0.481 e. The first-order valence-electron chi connectivity index (χ1n) is 19.0. The third-order valence-electron chi connectivity index (χ3n) is 10.9. The van der Waals surface area contributed by atoms with E-state index in [0.29, 0.717) is 73.7 Å². The molecule has 3 atom stereocenters. The number of halogens is 4. The second-order valence-electron chi connectivity index (χ2n) is 14.7. The molecule has 1 aliphatic carbocycles. The summed E-state index contributed by atoms with van der Waals surface area (Å²) in [7, 11) is 3.30. The highest BCUT2D eigenvalue weighted by atomic mass is 35.5. The van der Waals surface area contributed by atoms with Gasteiger partial charge in [-0.15, -0.1) is 0 Å². The van der Waals surface area contributed by atoms with E-state index in [1.165, 1.54) is 7.11 Å². The first-order chi connectivity index (χ1) is 27.5. The number of amides is 2. The zero-order valence-corrected chi connectivity index (χ0v) is 32.2. The highest BCUT2D eigenvalue weighted by Gasteiger charge is 2.39. The van der Waals surface area contributed by atoms with Gasteiger partial charge in [0, 0.05) is 92.6 Å². The van der Waals surface area contributed by atoms with Gasteiger partial charge in [-0.1, -0.05) is 29.8 Å². The number of nitrogens with one attached hydrogen (secondary N) is 4. The highest BCUT2D eigenvalue weighted by Crippen LogP contribution is 2.45. The van der Waals surface area contributed by atoms with Gasteiger partial charge in [0.2, 0.25) is 23.6 Å². The maximum Gasteiger partial charge on any atom is 0.421 e. The van der Waals surface area contributed by atoms with E-state index in [-0.39, 0.29) is 41.9 Å². The Bertz CT molecular complexity index is 2350. The zero-order valence-electron chi connectivity index (χ0n) is 31.4. The Labute approximate surface area is 331 Å². The molecule has 2 fully saturated rings. The van der Waals surface area contributed by atoms with Crippen molar-refractivity contribution in [3.8, 4) is 34.3 Å². The highest BCUT2D eigenvalue weighted by molar-refractivity contribution is 6.35. The van der Waals surface area contributed by atoms with Crippen molar-refractivity contribution < 1.29 is 32.2 Å². The van der Waals surface area contributed by atoms with E-state index in [4.69, 9.17) is 26.1 Å². The smallest absolute Gasteiger partial charge is 0.421 e. The Kier molecular flexibility index (Phi) is 10.8. The van der Waals surface area contributed by atoms with Crippen molar-refractivity contribution in [2.75, 3.05) is 20.2 Å². The van der Waals surface area contributed by atoms with Crippen LogP contribution in [0.4, 0.5) is 13.2 Å². The molecule has 12 nitrogen and oxygen atoms in total. The van der Waals surface area contributed by atoms with E-state index in [0.717, 1.165) is 45.8 Å². The summed E-state index contributed by atoms with van der Waals surface area (Å²) < 4.78 is 57.0. The van der Waals surface area contributed by atoms with Gasteiger partial charge in [-0.25, -0.2) is 4.98 Å². The van der Waals surface area contributed by atoms with Gasteiger partial charge in [0.15, 0.2) is 0 Å². The molecule has 4 aromatic heterocycles. The van der Waals surface area contributed by atoms with E-state index in [2.05, 4.69) is 31.2 Å². The molecule has 57 heavy (non-hydrogen) atoms. The molecular weight excluding hydrogens is 761 g/mol. The lowest BCUT2D eigenvalue weighted by molar-refractivity contribution is -0.139. The second-order valence-corrected chi connectivity index (χ2v) is 15.1. The number of alkyl halides is 3. The molecule has 16 heteroatoms. The van der Waals surface area contributed by atoms with Gasteiger partial charge in [-0.3, -0.25) is 14.6 Å². The molecule has 6 heterocycles. The molecule has 5 aromatic rings. The fourth-order valence-corrected chi connectivity index (χ4v) is 8.40. The van der Waals surface area contributed by atoms with Gasteiger partial charge in [0.25, 0.3) is 0 Å². The zero-order chi connectivity index (χ0) is 39.8. The van der Waals surface area contributed by atoms with Crippen LogP contribution in [-0.2, 0) is 42.3 Å². The summed E-state index contributed by atoms with van der Waals surface area (Å²) in [5.41, 5.74) is 5.38. The molecular formula is C41H42ClF3N8O4. The van der Waals surface area contributed by atoms with Crippen LogP contribution >= 0.6 is 11.6 Å². The summed E-state index contributed by atoms with van der Waals surface area (Å²) in [5, 5.41) is 13.8. The Morgan fingerprint density at radius 3 is 2.28 bits per heavy atom. The molecule has 2 saturated heterocycles. The first-order valence-corrected chi connectivity index (χ1v) is 19.4. The maximum absolute atomic E-state index is 14.5. The number of methoxy groups -OCH3 is 1. The summed E-state index contributed by atoms with van der Waals surface area (Å²) in [4.78, 5) is 37.0. The standard InChI is InChI=1S/C41H42ClF3N8O4/c1-53-21-23(18-47-20-25-7-13-35(55)50-25)26-8-10-32(51-38(26)53)30-14-15-48-37(36(30)42)29-5-3-4-28-27(29)9-11-33(28)57-40-31(41(43,44)45)16-22(39(52-40)56-2)17-46-19-24-6-12-34(54)49-24/h3-5,8,10,14-16,21,24-25,33,46-47H,6-7,9,11-13,17-20H2,1-2H3,(H,49,54)(H,50,55)/t24-,25+,33-/m0/s1. The molecule has 0 spiro atoms. The van der Waals surface area contributed by atoms with E-state index < -0.39 is 23.7 Å². The van der Waals surface area contributed by atoms with Crippen LogP contribution in [0.1, 0.15) is 66.0 Å². The number of hydrogen-bond donors (Lipinski definition) is 4. The van der Waals surface area contributed by atoms with Crippen LogP contribution in [0.2, 0.25) is 5.02 Å². The molecule has 2 amide bonds. The molecule has 0 radical (unpaired) electrons. The van der Waals surface area contributed by atoms with E-state index in [9.17, 15) is 22.8 Å². The number of aromatic nitrogens is 4. The minimum atomic E-state index is -4.74. The number of rotatable bonds is 13. The van der Waals surface area contributed by atoms with E-state index in [1.54, 1.807) is 6.20 Å². The van der Waals surface area contributed by atoms with Crippen molar-refractivity contribution in [2.45, 2.75) is 76.0 Å². The number of hydrogen-bond acceptors (Lipinski definition) is 9. The van der Waals surface area contributed by atoms with Gasteiger partial charge in [-0.05, 0) is 66.6 Å². The van der Waals surface area contributed by atoms with Gasteiger partial charge in [-0.2, -0.15) is 18.2 Å². The maximum atomic E-state index is 14.5. The summed E-state index contributed by atoms with van der Waals surface area (Å²) in [6, 6.07) is 12.4. The number of fused-ring (bicyclic) bond motifs is 2. The van der Waals surface area contributed by atoms with Crippen molar-refractivity contribution in [3.05, 3.63) is 87.7 Å². The fraction of sp³-hybridized carbons (Fsp3) is 0.390. The van der Waals surface area contributed by atoms with Crippen LogP contribution in [-0.4, -0.2) is 63.6 Å². The van der Waals surface area contributed by atoms with Crippen LogP contribution < -0.4 is 30.7 Å². The molecule has 8 rings (SSSR count). The second kappa shape index (κ2) is 15.9. The summed E-state index contributed by atoms with van der Waals surface area (Å²) in [6.45, 7) is 1.78. The van der Waals surface area contributed by atoms with Crippen molar-refractivity contribution >= 4 is 34.4 Å². The molecule has 0 unspecified atom stereocenters. The normalized spacial score (nSPS) is 19.2. The Morgan fingerprint density at radius 1 is 0.895 bits per heavy atom. The number of nitrogens with zero attached hydrogens (tertiary/aromatic N) is 4. The molecule has 4 N–H and O–H groups in total. The fourth-order valence-electron chi connectivity index (χ4n) is 8.09. The van der Waals surface area contributed by atoms with Gasteiger partial charge in [0.05, 0.1) is 23.5 Å². The van der Waals surface area contributed by atoms with Crippen molar-refractivity contribution in [1.29, 1.82) is 0 Å². The van der Waals surface area contributed by atoms with Crippen LogP contribution in [0, 0.1) is 0 Å². The Morgan fingerprint density at radius 2 is 1.61 bits per heavy atom. The minimum Gasteiger partial charge on any atom is -0.481 e. The lowest BCUT2D eigenvalue weighted by atomic mass is 9.98. The van der Waals surface area contributed by atoms with Gasteiger partial charge in [0.1, 0.15) is 17.3 Å². The van der Waals surface area contributed by atoms with E-state index >= 15 is 0 Å². The predicted octanol–water partition coefficient (Wildman–Crippen LogP) is 6.18. The van der Waals surface area contributed by atoms with E-state index in [1.807, 2.05) is 54.2 Å². The summed E-state index contributed by atoms with van der Waals surface area (Å²) in [5.74, 6) is -0.487. The molecule has 3 aliphatic rings. The van der Waals surface area contributed by atoms with Crippen LogP contribution in [0.3, 0.4) is 0 Å². The monoisotopic (exact) mass is 802 g/mol. The molecule has 1 aromatic carbocycles. The van der Waals surface area contributed by atoms with Crippen LogP contribution in [0.15, 0.2) is 54.9 Å². The molecule has 298 valence electrons. The average Bonchev–Trinajstić information content (AvgIpc) is 3.98. The topological polar surface area (TPSA) is 144 Å².